The van der Waals surface area contributed by atoms with Crippen LogP contribution in [0.25, 0.3) is 0 Å². The fraction of sp³-hybridized carbons (Fsp3) is 0.611. The molecular formula is C18H30N2O. The van der Waals surface area contributed by atoms with Crippen LogP contribution in [0, 0.1) is 5.41 Å². The van der Waals surface area contributed by atoms with Crippen molar-refractivity contribution in [3.63, 3.8) is 0 Å². The lowest BCUT2D eigenvalue weighted by atomic mass is 9.78. The van der Waals surface area contributed by atoms with E-state index in [9.17, 15) is 4.79 Å². The van der Waals surface area contributed by atoms with Gasteiger partial charge < -0.3 is 10.6 Å². The molecule has 0 saturated heterocycles. The van der Waals surface area contributed by atoms with Crippen LogP contribution in [-0.4, -0.2) is 19.5 Å². The van der Waals surface area contributed by atoms with Gasteiger partial charge in [-0.15, -0.1) is 0 Å². The molecule has 0 fully saturated rings. The van der Waals surface area contributed by atoms with Crippen molar-refractivity contribution in [3.05, 3.63) is 29.8 Å². The van der Waals surface area contributed by atoms with E-state index in [0.29, 0.717) is 6.54 Å². The lowest BCUT2D eigenvalue weighted by Crippen LogP contribution is -2.47. The van der Waals surface area contributed by atoms with Gasteiger partial charge in [0.1, 0.15) is 0 Å². The monoisotopic (exact) mass is 290 g/mol. The molecule has 21 heavy (non-hydrogen) atoms. The van der Waals surface area contributed by atoms with E-state index in [1.807, 2.05) is 19.2 Å². The maximum Gasteiger partial charge on any atom is 0.234 e. The molecule has 0 atom stereocenters. The summed E-state index contributed by atoms with van der Waals surface area (Å²) in [5, 5.41) is 0. The first-order chi connectivity index (χ1) is 10.0. The second-order valence-electron chi connectivity index (χ2n) is 5.87. The van der Waals surface area contributed by atoms with Crippen molar-refractivity contribution in [2.24, 2.45) is 11.1 Å². The smallest absolute Gasteiger partial charge is 0.234 e. The van der Waals surface area contributed by atoms with Gasteiger partial charge in [0.2, 0.25) is 5.91 Å². The summed E-state index contributed by atoms with van der Waals surface area (Å²) in [6.07, 6.45) is 4.68. The van der Waals surface area contributed by atoms with Gasteiger partial charge in [0.05, 0.1) is 5.41 Å². The van der Waals surface area contributed by atoms with E-state index in [-0.39, 0.29) is 5.91 Å². The number of carbonyl (C=O) groups excluding carboxylic acids is 1. The van der Waals surface area contributed by atoms with E-state index in [2.05, 4.69) is 32.9 Å². The zero-order chi connectivity index (χ0) is 15.9. The Hall–Kier alpha value is -1.35. The average Bonchev–Trinajstić information content (AvgIpc) is 2.53. The van der Waals surface area contributed by atoms with Crippen molar-refractivity contribution in [1.82, 2.24) is 0 Å². The van der Waals surface area contributed by atoms with Crippen molar-refractivity contribution in [3.8, 4) is 0 Å². The minimum absolute atomic E-state index is 0.151. The van der Waals surface area contributed by atoms with Crippen LogP contribution in [0.15, 0.2) is 24.3 Å². The van der Waals surface area contributed by atoms with Crippen LogP contribution < -0.4 is 10.6 Å². The largest absolute Gasteiger partial charge is 0.329 e. The summed E-state index contributed by atoms with van der Waals surface area (Å²) in [6, 6.07) is 8.22. The van der Waals surface area contributed by atoms with Crippen LogP contribution in [0.3, 0.4) is 0 Å². The molecule has 3 heteroatoms. The number of rotatable bonds is 8. The summed E-state index contributed by atoms with van der Waals surface area (Å²) in [7, 11) is 1.86. The lowest BCUT2D eigenvalue weighted by molar-refractivity contribution is -0.128. The van der Waals surface area contributed by atoms with E-state index < -0.39 is 5.41 Å². The number of amides is 1. The first-order valence-electron chi connectivity index (χ1n) is 8.11. The molecule has 0 radical (unpaired) electrons. The predicted molar refractivity (Wildman–Crippen MR) is 90.5 cm³/mol. The van der Waals surface area contributed by atoms with Crippen LogP contribution in [0.1, 0.15) is 52.0 Å². The Morgan fingerprint density at radius 3 is 2.00 bits per heavy atom. The van der Waals surface area contributed by atoms with E-state index >= 15 is 0 Å². The van der Waals surface area contributed by atoms with Gasteiger partial charge in [-0.1, -0.05) is 45.7 Å². The first-order valence-corrected chi connectivity index (χ1v) is 8.11. The van der Waals surface area contributed by atoms with E-state index in [1.54, 1.807) is 4.90 Å². The molecular weight excluding hydrogens is 260 g/mol. The van der Waals surface area contributed by atoms with Crippen molar-refractivity contribution >= 4 is 11.6 Å². The Bertz CT molecular complexity index is 433. The van der Waals surface area contributed by atoms with Gasteiger partial charge >= 0.3 is 0 Å². The maximum absolute atomic E-state index is 13.0. The number of aryl methyl sites for hydroxylation is 1. The van der Waals surface area contributed by atoms with Gasteiger partial charge in [0.15, 0.2) is 0 Å². The second kappa shape index (κ2) is 8.18. The van der Waals surface area contributed by atoms with Crippen LogP contribution >= 0.6 is 0 Å². The molecule has 2 N–H and O–H groups in total. The minimum atomic E-state index is -0.415. The van der Waals surface area contributed by atoms with E-state index in [0.717, 1.165) is 37.8 Å². The molecule has 0 aliphatic heterocycles. The molecule has 0 saturated carbocycles. The number of carbonyl (C=O) groups is 1. The first kappa shape index (κ1) is 17.7. The van der Waals surface area contributed by atoms with Crippen molar-refractivity contribution in [1.29, 1.82) is 0 Å². The van der Waals surface area contributed by atoms with Gasteiger partial charge in [-0.25, -0.2) is 0 Å². The van der Waals surface area contributed by atoms with Gasteiger partial charge in [-0.05, 0) is 37.0 Å². The molecule has 0 aliphatic rings. The third kappa shape index (κ3) is 4.07. The molecule has 1 aromatic carbocycles. The summed E-state index contributed by atoms with van der Waals surface area (Å²) >= 11 is 0. The number of hydrogen-bond acceptors (Lipinski definition) is 2. The summed E-state index contributed by atoms with van der Waals surface area (Å²) in [5.41, 5.74) is 7.81. The number of hydrogen-bond donors (Lipinski definition) is 1. The summed E-state index contributed by atoms with van der Waals surface area (Å²) in [4.78, 5) is 14.8. The molecule has 0 heterocycles. The van der Waals surface area contributed by atoms with E-state index in [4.69, 9.17) is 5.73 Å². The van der Waals surface area contributed by atoms with Crippen LogP contribution in [0.5, 0.6) is 0 Å². The van der Waals surface area contributed by atoms with Crippen molar-refractivity contribution < 1.29 is 4.79 Å². The number of anilines is 1. The Morgan fingerprint density at radius 1 is 1.10 bits per heavy atom. The maximum atomic E-state index is 13.0. The molecule has 0 bridgehead atoms. The van der Waals surface area contributed by atoms with Crippen LogP contribution in [0.4, 0.5) is 5.69 Å². The average molecular weight is 290 g/mol. The fourth-order valence-corrected chi connectivity index (χ4v) is 3.02. The number of nitrogens with two attached hydrogens (primary N) is 1. The molecule has 1 rings (SSSR count). The molecule has 1 amide bonds. The quantitative estimate of drug-likeness (QED) is 0.792. The summed E-state index contributed by atoms with van der Waals surface area (Å²) < 4.78 is 0. The Morgan fingerprint density at radius 2 is 1.62 bits per heavy atom. The van der Waals surface area contributed by atoms with Crippen LogP contribution in [-0.2, 0) is 11.2 Å². The van der Waals surface area contributed by atoms with E-state index in [1.165, 1.54) is 5.56 Å². The highest BCUT2D eigenvalue weighted by Gasteiger charge is 2.37. The number of nitrogens with zero attached hydrogens (tertiary/aromatic N) is 1. The van der Waals surface area contributed by atoms with Crippen molar-refractivity contribution in [2.75, 3.05) is 18.5 Å². The number of benzene rings is 1. The zero-order valence-electron chi connectivity index (χ0n) is 14.0. The Labute approximate surface area is 129 Å². The zero-order valence-corrected chi connectivity index (χ0v) is 14.0. The predicted octanol–water partition coefficient (Wildman–Crippen LogP) is 3.76. The normalized spacial score (nSPS) is 11.5. The summed E-state index contributed by atoms with van der Waals surface area (Å²) in [6.45, 7) is 6.78. The molecule has 0 aromatic heterocycles. The molecule has 0 unspecified atom stereocenters. The van der Waals surface area contributed by atoms with Gasteiger partial charge in [-0.2, -0.15) is 0 Å². The standard InChI is InChI=1S/C18H30N2O/c1-5-12-18(14-19,13-6-2)17(21)20(4)16-10-8-15(7-3)9-11-16/h8-11H,5-7,12-14,19H2,1-4H3. The highest BCUT2D eigenvalue weighted by Crippen LogP contribution is 2.32. The second-order valence-corrected chi connectivity index (χ2v) is 5.87. The van der Waals surface area contributed by atoms with Crippen molar-refractivity contribution in [2.45, 2.75) is 52.9 Å². The molecule has 0 spiro atoms. The topological polar surface area (TPSA) is 46.3 Å². The van der Waals surface area contributed by atoms with Gasteiger partial charge in [-0.3, -0.25) is 4.79 Å². The third-order valence-corrected chi connectivity index (χ3v) is 4.34. The lowest BCUT2D eigenvalue weighted by Gasteiger charge is -2.35. The highest BCUT2D eigenvalue weighted by atomic mass is 16.2. The minimum Gasteiger partial charge on any atom is -0.329 e. The molecule has 1 aromatic rings. The van der Waals surface area contributed by atoms with Gasteiger partial charge in [0, 0.05) is 19.3 Å². The molecule has 0 aliphatic carbocycles. The fourth-order valence-electron chi connectivity index (χ4n) is 3.02. The Balaban J connectivity index is 3.00. The Kier molecular flexibility index (Phi) is 6.90. The highest BCUT2D eigenvalue weighted by molar-refractivity contribution is 5.97. The summed E-state index contributed by atoms with van der Waals surface area (Å²) in [5.74, 6) is 0.151. The third-order valence-electron chi connectivity index (χ3n) is 4.34. The van der Waals surface area contributed by atoms with Gasteiger partial charge in [0.25, 0.3) is 0 Å². The molecule has 3 nitrogen and oxygen atoms in total. The SMILES string of the molecule is CCCC(CN)(CCC)C(=O)N(C)c1ccc(CC)cc1. The molecule has 118 valence electrons. The van der Waals surface area contributed by atoms with Crippen LogP contribution in [0.2, 0.25) is 0 Å².